The molecule has 1 fully saturated rings. The van der Waals surface area contributed by atoms with E-state index in [1.165, 1.54) is 12.1 Å². The Morgan fingerprint density at radius 1 is 1.03 bits per heavy atom. The molecule has 1 aromatic heterocycles. The quantitative estimate of drug-likeness (QED) is 0.420. The van der Waals surface area contributed by atoms with Gasteiger partial charge in [-0.1, -0.05) is 60.7 Å². The highest BCUT2D eigenvalue weighted by Crippen LogP contribution is 2.32. The molecule has 1 aliphatic carbocycles. The Hall–Kier alpha value is -4.36. The minimum absolute atomic E-state index is 0.0310. The minimum Gasteiger partial charge on any atom is -0.491 e. The zero-order valence-corrected chi connectivity index (χ0v) is 22.0. The van der Waals surface area contributed by atoms with Crippen LogP contribution >= 0.6 is 0 Å². The van der Waals surface area contributed by atoms with Gasteiger partial charge < -0.3 is 24.6 Å². The Morgan fingerprint density at radius 3 is 2.69 bits per heavy atom. The van der Waals surface area contributed by atoms with Gasteiger partial charge in [0.25, 0.3) is 5.91 Å². The van der Waals surface area contributed by atoms with Gasteiger partial charge in [0.2, 0.25) is 0 Å². The van der Waals surface area contributed by atoms with Crippen molar-refractivity contribution in [2.45, 2.75) is 25.3 Å². The summed E-state index contributed by atoms with van der Waals surface area (Å²) >= 11 is 0. The van der Waals surface area contributed by atoms with Gasteiger partial charge in [-0.3, -0.25) is 4.79 Å². The van der Waals surface area contributed by atoms with Crippen molar-refractivity contribution in [3.8, 4) is 11.4 Å². The van der Waals surface area contributed by atoms with Crippen molar-refractivity contribution in [1.82, 2.24) is 14.8 Å². The van der Waals surface area contributed by atoms with Crippen molar-refractivity contribution < 1.29 is 19.4 Å². The number of ether oxygens (including phenoxy) is 1. The summed E-state index contributed by atoms with van der Waals surface area (Å²) in [7, 11) is 0. The van der Waals surface area contributed by atoms with Crippen molar-refractivity contribution in [3.05, 3.63) is 120 Å². The third-order valence-corrected chi connectivity index (χ3v) is 7.10. The van der Waals surface area contributed by atoms with Crippen molar-refractivity contribution in [2.24, 2.45) is 0 Å². The Bertz CT molecular complexity index is 1420. The Labute approximate surface area is 228 Å². The monoisotopic (exact) mass is 523 g/mol. The topological polar surface area (TPSA) is 83.8 Å². The van der Waals surface area contributed by atoms with Gasteiger partial charge in [-0.2, -0.15) is 0 Å². The summed E-state index contributed by atoms with van der Waals surface area (Å²) in [5.74, 6) is -0.636. The molecular formula is C32H33N3O4. The van der Waals surface area contributed by atoms with Crippen molar-refractivity contribution >= 4 is 11.9 Å². The Kier molecular flexibility index (Phi) is 8.08. The van der Waals surface area contributed by atoms with E-state index >= 15 is 0 Å². The number of carbonyl (C=O) groups is 2. The summed E-state index contributed by atoms with van der Waals surface area (Å²) in [5, 5.41) is 12.7. The van der Waals surface area contributed by atoms with Crippen molar-refractivity contribution in [3.63, 3.8) is 0 Å². The van der Waals surface area contributed by atoms with Gasteiger partial charge >= 0.3 is 5.97 Å². The number of nitrogens with zero attached hydrogens (tertiary/aromatic N) is 2. The van der Waals surface area contributed by atoms with Gasteiger partial charge in [0.1, 0.15) is 12.4 Å². The molecule has 200 valence electrons. The average molecular weight is 524 g/mol. The van der Waals surface area contributed by atoms with Crippen LogP contribution in [0.4, 0.5) is 0 Å². The van der Waals surface area contributed by atoms with E-state index in [0.717, 1.165) is 23.5 Å². The van der Waals surface area contributed by atoms with Gasteiger partial charge in [0, 0.05) is 42.6 Å². The number of hydrogen-bond acceptors (Lipinski definition) is 4. The third-order valence-electron chi connectivity index (χ3n) is 7.10. The van der Waals surface area contributed by atoms with Crippen LogP contribution in [0.25, 0.3) is 5.69 Å². The molecule has 1 saturated heterocycles. The molecule has 1 aliphatic heterocycles. The van der Waals surface area contributed by atoms with Gasteiger partial charge in [-0.25, -0.2) is 4.79 Å². The van der Waals surface area contributed by atoms with E-state index in [1.807, 2.05) is 48.2 Å². The molecule has 3 aromatic rings. The normalized spacial score (nSPS) is 20.6. The van der Waals surface area contributed by atoms with Crippen molar-refractivity contribution in [2.75, 3.05) is 26.2 Å². The van der Waals surface area contributed by atoms with Crippen LogP contribution < -0.4 is 10.1 Å². The number of carboxylic acids is 1. The fourth-order valence-corrected chi connectivity index (χ4v) is 5.21. The van der Waals surface area contributed by atoms with E-state index in [-0.39, 0.29) is 30.0 Å². The van der Waals surface area contributed by atoms with E-state index in [2.05, 4.69) is 46.3 Å². The second kappa shape index (κ2) is 12.0. The lowest BCUT2D eigenvalue weighted by Crippen LogP contribution is -2.56. The van der Waals surface area contributed by atoms with Gasteiger partial charge in [0.05, 0.1) is 17.2 Å². The summed E-state index contributed by atoms with van der Waals surface area (Å²) in [6, 6.07) is 18.4. The zero-order valence-electron chi connectivity index (χ0n) is 22.0. The highest BCUT2D eigenvalue weighted by atomic mass is 16.5. The molecular weight excluding hydrogens is 490 g/mol. The highest BCUT2D eigenvalue weighted by molar-refractivity contribution is 5.97. The molecule has 0 bridgehead atoms. The van der Waals surface area contributed by atoms with Gasteiger partial charge in [-0.15, -0.1) is 0 Å². The average Bonchev–Trinajstić information content (AvgIpc) is 3.29. The third kappa shape index (κ3) is 5.89. The number of aryl methyl sites for hydroxylation is 1. The summed E-state index contributed by atoms with van der Waals surface area (Å²) in [4.78, 5) is 27.5. The number of amides is 1. The maximum absolute atomic E-state index is 14.3. The Morgan fingerprint density at radius 2 is 1.87 bits per heavy atom. The first-order valence-electron chi connectivity index (χ1n) is 13.3. The van der Waals surface area contributed by atoms with Crippen LogP contribution in [-0.2, 0) is 0 Å². The van der Waals surface area contributed by atoms with E-state index in [4.69, 9.17) is 4.74 Å². The summed E-state index contributed by atoms with van der Waals surface area (Å²) < 4.78 is 8.18. The minimum atomic E-state index is -1.00. The smallest absolute Gasteiger partial charge is 0.335 e. The number of piperazine rings is 1. The molecule has 2 unspecified atom stereocenters. The molecule has 2 aliphatic rings. The van der Waals surface area contributed by atoms with Crippen LogP contribution in [0.2, 0.25) is 0 Å². The van der Waals surface area contributed by atoms with E-state index < -0.39 is 5.97 Å². The number of allylic oxidation sites excluding steroid dienone is 6. The van der Waals surface area contributed by atoms with Crippen LogP contribution in [0.5, 0.6) is 5.75 Å². The lowest BCUT2D eigenvalue weighted by molar-refractivity contribution is 0.0558. The molecule has 0 saturated carbocycles. The standard InChI is InChI=1S/C32H33N3O4/c1-23-19-29(30(24-11-6-3-2-4-7-12-24)35(23)26-14-8-5-9-15-26)31(36)34-18-17-33-21-27(34)22-39-28-16-10-13-25(20-28)32(37)38/h2-3,5-16,19-20,24,27,33H,4,17-18,21-22H2,1H3,(H,37,38)/b3-2-,11-6-,12-7?. The van der Waals surface area contributed by atoms with E-state index in [0.29, 0.717) is 30.9 Å². The summed E-state index contributed by atoms with van der Waals surface area (Å²) in [6.07, 6.45) is 13.5. The maximum Gasteiger partial charge on any atom is 0.335 e. The molecule has 2 aromatic carbocycles. The van der Waals surface area contributed by atoms with E-state index in [1.54, 1.807) is 12.1 Å². The predicted octanol–water partition coefficient (Wildman–Crippen LogP) is 5.13. The molecule has 0 spiro atoms. The first-order chi connectivity index (χ1) is 19.0. The van der Waals surface area contributed by atoms with Crippen LogP contribution in [-0.4, -0.2) is 58.7 Å². The molecule has 7 heteroatoms. The van der Waals surface area contributed by atoms with Crippen molar-refractivity contribution in [1.29, 1.82) is 0 Å². The van der Waals surface area contributed by atoms with Crippen LogP contribution in [0.1, 0.15) is 44.4 Å². The lowest BCUT2D eigenvalue weighted by atomic mass is 9.97. The fraction of sp³-hybridized carbons (Fsp3) is 0.250. The summed E-state index contributed by atoms with van der Waals surface area (Å²) in [6.45, 7) is 4.13. The number of rotatable bonds is 7. The largest absolute Gasteiger partial charge is 0.491 e. The first-order valence-corrected chi connectivity index (χ1v) is 13.3. The maximum atomic E-state index is 14.3. The van der Waals surface area contributed by atoms with Crippen LogP contribution in [0.3, 0.4) is 0 Å². The molecule has 1 amide bonds. The Balaban J connectivity index is 1.48. The number of para-hydroxylation sites is 1. The first kappa shape index (κ1) is 26.3. The number of aromatic carboxylic acids is 1. The molecule has 2 N–H and O–H groups in total. The lowest BCUT2D eigenvalue weighted by Gasteiger charge is -2.36. The highest BCUT2D eigenvalue weighted by Gasteiger charge is 2.32. The number of carbonyl (C=O) groups excluding carboxylic acids is 1. The number of nitrogens with one attached hydrogen (secondary N) is 1. The molecule has 2 heterocycles. The van der Waals surface area contributed by atoms with E-state index in [9.17, 15) is 14.7 Å². The summed E-state index contributed by atoms with van der Waals surface area (Å²) in [5.41, 5.74) is 3.80. The SMILES string of the molecule is Cc1cc(C(=O)N2CCNCC2COc2cccc(C(=O)O)c2)c(C2C=CC/C=C\C=C/2)n1-c1ccccc1. The van der Waals surface area contributed by atoms with Crippen LogP contribution in [0, 0.1) is 6.92 Å². The van der Waals surface area contributed by atoms with Crippen LogP contribution in [0.15, 0.2) is 97.1 Å². The second-order valence-corrected chi connectivity index (χ2v) is 9.76. The molecule has 7 nitrogen and oxygen atoms in total. The molecule has 39 heavy (non-hydrogen) atoms. The van der Waals surface area contributed by atoms with Gasteiger partial charge in [0.15, 0.2) is 0 Å². The fourth-order valence-electron chi connectivity index (χ4n) is 5.21. The number of carboxylic acid groups (broad SMARTS) is 1. The number of hydrogen-bond donors (Lipinski definition) is 2. The predicted molar refractivity (Wildman–Crippen MR) is 152 cm³/mol. The number of benzene rings is 2. The zero-order chi connectivity index (χ0) is 27.2. The number of aromatic nitrogens is 1. The molecule has 0 radical (unpaired) electrons. The molecule has 2 atom stereocenters. The van der Waals surface area contributed by atoms with Gasteiger partial charge in [-0.05, 0) is 49.7 Å². The second-order valence-electron chi connectivity index (χ2n) is 9.76. The molecule has 5 rings (SSSR count).